The third-order valence-corrected chi connectivity index (χ3v) is 5.19. The summed E-state index contributed by atoms with van der Waals surface area (Å²) in [6.45, 7) is 0. The minimum Gasteiger partial charge on any atom is -0.497 e. The van der Waals surface area contributed by atoms with E-state index in [4.69, 9.17) is 4.74 Å². The van der Waals surface area contributed by atoms with Crippen molar-refractivity contribution in [1.82, 2.24) is 4.57 Å². The van der Waals surface area contributed by atoms with E-state index in [1.54, 1.807) is 60.7 Å². The summed E-state index contributed by atoms with van der Waals surface area (Å²) < 4.78 is 36.1. The maximum absolute atomic E-state index is 14.8. The number of fused-ring (bicyclic) bond motifs is 1. The fourth-order valence-electron chi connectivity index (χ4n) is 3.39. The molecule has 0 atom stereocenters. The van der Waals surface area contributed by atoms with Crippen molar-refractivity contribution in [3.63, 3.8) is 0 Å². The van der Waals surface area contributed by atoms with Gasteiger partial charge in [-0.05, 0) is 52.3 Å². The Morgan fingerprint density at radius 1 is 1.06 bits per heavy atom. The number of rotatable bonds is 5. The first kappa shape index (κ1) is 21.6. The van der Waals surface area contributed by atoms with E-state index < -0.39 is 15.6 Å². The first-order valence-electron chi connectivity index (χ1n) is 9.43. The van der Waals surface area contributed by atoms with Crippen LogP contribution in [-0.4, -0.2) is 27.3 Å². The maximum Gasteiger partial charge on any atom is 0.358 e. The summed E-state index contributed by atoms with van der Waals surface area (Å²) in [4.78, 5) is 11.5. The monoisotopic (exact) mass is 499 g/mol. The van der Waals surface area contributed by atoms with Gasteiger partial charge in [0.05, 0.1) is 28.9 Å². The first-order chi connectivity index (χ1) is 15.3. The van der Waals surface area contributed by atoms with Gasteiger partial charge < -0.3 is 4.74 Å². The lowest BCUT2D eigenvalue weighted by atomic mass is 10.1. The highest BCUT2D eigenvalue weighted by Gasteiger charge is 2.36. The number of aromatic nitrogens is 1. The lowest BCUT2D eigenvalue weighted by Gasteiger charge is -2.18. The molecule has 0 amide bonds. The van der Waals surface area contributed by atoms with Crippen LogP contribution in [0.5, 0.6) is 5.75 Å². The maximum atomic E-state index is 14.8. The molecule has 3 aromatic carbocycles. The third-order valence-electron chi connectivity index (χ3n) is 4.84. The summed E-state index contributed by atoms with van der Waals surface area (Å²) in [6.07, 6.45) is 0. The number of hydrogen-bond acceptors (Lipinski definition) is 4. The summed E-state index contributed by atoms with van der Waals surface area (Å²) in [7, 11) is 1.51. The van der Waals surface area contributed by atoms with Gasteiger partial charge in [0.15, 0.2) is 5.84 Å². The zero-order valence-electron chi connectivity index (χ0n) is 16.7. The van der Waals surface area contributed by atoms with Crippen molar-refractivity contribution in [3.8, 4) is 17.0 Å². The number of halogens is 3. The highest BCUT2D eigenvalue weighted by molar-refractivity contribution is 9.10. The van der Waals surface area contributed by atoms with E-state index in [2.05, 4.69) is 20.9 Å². The molecule has 1 heterocycles. The zero-order chi connectivity index (χ0) is 22.9. The van der Waals surface area contributed by atoms with E-state index >= 15 is 0 Å². The number of aliphatic imine (C=N–C) groups is 1. The Hall–Kier alpha value is -3.59. The summed E-state index contributed by atoms with van der Waals surface area (Å²) in [5, 5.41) is 12.0. The highest BCUT2D eigenvalue weighted by Crippen LogP contribution is 2.36. The molecule has 0 aliphatic heterocycles. The van der Waals surface area contributed by atoms with Crippen LogP contribution < -0.4 is 4.74 Å². The molecule has 4 rings (SSSR count). The van der Waals surface area contributed by atoms with E-state index in [9.17, 15) is 18.9 Å². The molecule has 0 unspecified atom stereocenters. The molecule has 0 bridgehead atoms. The molecule has 6 nitrogen and oxygen atoms in total. The Balaban J connectivity index is 1.99. The van der Waals surface area contributed by atoms with Gasteiger partial charge in [0.25, 0.3) is 5.69 Å². The van der Waals surface area contributed by atoms with Crippen LogP contribution in [0.3, 0.4) is 0 Å². The van der Waals surface area contributed by atoms with Gasteiger partial charge in [-0.1, -0.05) is 30.3 Å². The molecule has 0 radical (unpaired) electrons. The minimum absolute atomic E-state index is 0.140. The SMILES string of the molecule is COc1ccc(N=C(n2c(-c3cccc([N+](=O)[O-])c3)cc3ccccc32)C(F)(F)Br)cc1. The zero-order valence-corrected chi connectivity index (χ0v) is 18.3. The highest BCUT2D eigenvalue weighted by atomic mass is 79.9. The van der Waals surface area contributed by atoms with E-state index in [-0.39, 0.29) is 5.69 Å². The lowest BCUT2D eigenvalue weighted by molar-refractivity contribution is -0.384. The predicted molar refractivity (Wildman–Crippen MR) is 123 cm³/mol. The van der Waals surface area contributed by atoms with Gasteiger partial charge in [-0.2, -0.15) is 8.78 Å². The fraction of sp³-hybridized carbons (Fsp3) is 0.0870. The molecule has 1 aromatic heterocycles. The molecule has 0 aliphatic carbocycles. The molecule has 0 saturated carbocycles. The quantitative estimate of drug-likeness (QED) is 0.0996. The molecular weight excluding hydrogens is 484 g/mol. The van der Waals surface area contributed by atoms with E-state index in [1.165, 1.54) is 29.9 Å². The summed E-state index contributed by atoms with van der Waals surface area (Å²) in [5.41, 5.74) is 1.40. The standard InChI is InChI=1S/C23H16BrF2N3O3/c1-32-19-11-9-17(10-12-19)27-22(23(24,25)26)28-20-8-3-2-5-16(20)14-21(28)15-6-4-7-18(13-15)29(30)31/h2-14H,1H3. The molecule has 0 spiro atoms. The van der Waals surface area contributed by atoms with Gasteiger partial charge in [0.1, 0.15) is 5.75 Å². The smallest absolute Gasteiger partial charge is 0.358 e. The summed E-state index contributed by atoms with van der Waals surface area (Å²) in [6, 6.07) is 20.9. The Labute approximate surface area is 190 Å². The van der Waals surface area contributed by atoms with Crippen LogP contribution in [0.15, 0.2) is 83.9 Å². The number of alkyl halides is 3. The van der Waals surface area contributed by atoms with Crippen LogP contribution >= 0.6 is 15.9 Å². The number of nitro benzene ring substituents is 1. The third kappa shape index (κ3) is 4.24. The van der Waals surface area contributed by atoms with E-state index in [0.29, 0.717) is 33.6 Å². The van der Waals surface area contributed by atoms with Gasteiger partial charge in [-0.25, -0.2) is 4.99 Å². The van der Waals surface area contributed by atoms with Crippen molar-refractivity contribution in [2.24, 2.45) is 4.99 Å². The molecule has 4 aromatic rings. The predicted octanol–water partition coefficient (Wildman–Crippen LogP) is 6.79. The molecule has 0 fully saturated rings. The number of ether oxygens (including phenoxy) is 1. The Morgan fingerprint density at radius 2 is 1.78 bits per heavy atom. The van der Waals surface area contributed by atoms with Crippen molar-refractivity contribution in [1.29, 1.82) is 0 Å². The van der Waals surface area contributed by atoms with E-state index in [1.807, 2.05) is 0 Å². The van der Waals surface area contributed by atoms with Gasteiger partial charge in [-0.15, -0.1) is 0 Å². The molecule has 0 saturated heterocycles. The molecule has 9 heteroatoms. The van der Waals surface area contributed by atoms with Crippen molar-refractivity contribution in [2.75, 3.05) is 7.11 Å². The van der Waals surface area contributed by atoms with E-state index in [0.717, 1.165) is 0 Å². The van der Waals surface area contributed by atoms with Crippen molar-refractivity contribution in [2.45, 2.75) is 4.83 Å². The largest absolute Gasteiger partial charge is 0.497 e. The second-order valence-corrected chi connectivity index (χ2v) is 7.86. The molecule has 0 aliphatic rings. The van der Waals surface area contributed by atoms with Gasteiger partial charge in [0, 0.05) is 23.1 Å². The average molecular weight is 500 g/mol. The number of methoxy groups -OCH3 is 1. The number of hydrogen-bond donors (Lipinski definition) is 0. The van der Waals surface area contributed by atoms with Crippen LogP contribution in [0, 0.1) is 10.1 Å². The summed E-state index contributed by atoms with van der Waals surface area (Å²) in [5.74, 6) is -0.00910. The van der Waals surface area contributed by atoms with Crippen LogP contribution in [0.2, 0.25) is 0 Å². The lowest BCUT2D eigenvalue weighted by Crippen LogP contribution is -2.29. The second kappa shape index (κ2) is 8.51. The Kier molecular flexibility index (Phi) is 5.75. The van der Waals surface area contributed by atoms with Crippen LogP contribution in [0.25, 0.3) is 22.2 Å². The summed E-state index contributed by atoms with van der Waals surface area (Å²) >= 11 is 2.46. The van der Waals surface area contributed by atoms with Gasteiger partial charge >= 0.3 is 4.83 Å². The number of nitrogens with zero attached hydrogens (tertiary/aromatic N) is 3. The number of nitro groups is 1. The Morgan fingerprint density at radius 3 is 2.44 bits per heavy atom. The minimum atomic E-state index is -3.50. The van der Waals surface area contributed by atoms with Crippen LogP contribution in [0.1, 0.15) is 0 Å². The number of non-ortho nitro benzene ring substituents is 1. The number of para-hydroxylation sites is 1. The van der Waals surface area contributed by atoms with Crippen molar-refractivity contribution >= 4 is 44.0 Å². The normalized spacial score (nSPS) is 12.2. The first-order valence-corrected chi connectivity index (χ1v) is 10.2. The fourth-order valence-corrected chi connectivity index (χ4v) is 3.66. The van der Waals surface area contributed by atoms with Gasteiger partial charge in [-0.3, -0.25) is 14.7 Å². The average Bonchev–Trinajstić information content (AvgIpc) is 3.16. The van der Waals surface area contributed by atoms with Crippen molar-refractivity contribution in [3.05, 3.63) is 89.0 Å². The second-order valence-electron chi connectivity index (χ2n) is 6.86. The molecule has 162 valence electrons. The topological polar surface area (TPSA) is 69.7 Å². The Bertz CT molecular complexity index is 1330. The van der Waals surface area contributed by atoms with Crippen LogP contribution in [-0.2, 0) is 0 Å². The molecular formula is C23H16BrF2N3O3. The van der Waals surface area contributed by atoms with Gasteiger partial charge in [0.2, 0.25) is 0 Å². The molecule has 0 N–H and O–H groups in total. The van der Waals surface area contributed by atoms with Crippen molar-refractivity contribution < 1.29 is 18.4 Å². The van der Waals surface area contributed by atoms with Crippen LogP contribution in [0.4, 0.5) is 20.2 Å². The molecule has 32 heavy (non-hydrogen) atoms. The number of benzene rings is 3.